The van der Waals surface area contributed by atoms with E-state index in [1.807, 2.05) is 0 Å². The van der Waals surface area contributed by atoms with Gasteiger partial charge in [0.15, 0.2) is 6.23 Å². The highest BCUT2D eigenvalue weighted by Gasteiger charge is 2.40. The summed E-state index contributed by atoms with van der Waals surface area (Å²) in [5, 5.41) is 5.96. The maximum Gasteiger partial charge on any atom is 0.420 e. The molecule has 2 aliphatic heterocycles. The summed E-state index contributed by atoms with van der Waals surface area (Å²) in [5.74, 6) is -2.61. The van der Waals surface area contributed by atoms with Crippen molar-refractivity contribution < 1.29 is 31.9 Å². The number of alkyl halides is 3. The van der Waals surface area contributed by atoms with Crippen LogP contribution < -0.4 is 16.4 Å². The van der Waals surface area contributed by atoms with E-state index in [4.69, 9.17) is 10.5 Å². The molecular formula is C25H21F4N5O3. The highest BCUT2D eigenvalue weighted by atomic mass is 19.4. The second-order valence-corrected chi connectivity index (χ2v) is 8.54. The molecule has 1 unspecified atom stereocenters. The summed E-state index contributed by atoms with van der Waals surface area (Å²) in [6, 6.07) is 9.76. The Bertz CT molecular complexity index is 1400. The lowest BCUT2D eigenvalue weighted by atomic mass is 9.94. The van der Waals surface area contributed by atoms with Crippen LogP contribution in [0.15, 0.2) is 48.7 Å². The zero-order valence-electron chi connectivity index (χ0n) is 19.2. The summed E-state index contributed by atoms with van der Waals surface area (Å²) >= 11 is 0. The van der Waals surface area contributed by atoms with Gasteiger partial charge in [0.1, 0.15) is 17.2 Å². The number of hydrogen-bond acceptors (Lipinski definition) is 5. The molecule has 0 aliphatic carbocycles. The number of urea groups is 1. The molecule has 1 aromatic heterocycles. The smallest absolute Gasteiger partial charge is 0.380 e. The van der Waals surface area contributed by atoms with Crippen molar-refractivity contribution in [1.82, 2.24) is 9.88 Å². The third-order valence-corrected chi connectivity index (χ3v) is 6.29. The van der Waals surface area contributed by atoms with Crippen LogP contribution in [0.4, 0.5) is 33.9 Å². The van der Waals surface area contributed by atoms with Crippen LogP contribution in [0, 0.1) is 5.82 Å². The van der Waals surface area contributed by atoms with Crippen LogP contribution in [0.25, 0.3) is 11.1 Å². The number of carbonyl (C=O) groups excluding carboxylic acids is 2. The van der Waals surface area contributed by atoms with E-state index >= 15 is 4.39 Å². The first-order chi connectivity index (χ1) is 17.7. The van der Waals surface area contributed by atoms with Gasteiger partial charge in [0, 0.05) is 30.5 Å². The van der Waals surface area contributed by atoms with Gasteiger partial charge < -0.3 is 15.8 Å². The maximum atomic E-state index is 15.2. The number of nitrogens with zero attached hydrogens (tertiary/aromatic N) is 2. The van der Waals surface area contributed by atoms with Crippen molar-refractivity contribution in [1.29, 1.82) is 0 Å². The monoisotopic (exact) mass is 515 g/mol. The SMILES string of the molecule is NC(=O)c1ccc(-c2ccccc2CNc2ccnc3c2C2OCCCN2C(=O)N3)c(F)c1C(F)(F)F. The number of ether oxygens (including phenoxy) is 1. The predicted octanol–water partition coefficient (Wildman–Crippen LogP) is 4.88. The summed E-state index contributed by atoms with van der Waals surface area (Å²) in [7, 11) is 0. The van der Waals surface area contributed by atoms with E-state index in [2.05, 4.69) is 15.6 Å². The van der Waals surface area contributed by atoms with E-state index in [-0.39, 0.29) is 23.7 Å². The molecule has 4 N–H and O–H groups in total. The van der Waals surface area contributed by atoms with E-state index < -0.39 is 35.3 Å². The number of fused-ring (bicyclic) bond motifs is 3. The van der Waals surface area contributed by atoms with Crippen molar-refractivity contribution in [2.24, 2.45) is 5.73 Å². The molecule has 2 aromatic carbocycles. The fourth-order valence-electron chi connectivity index (χ4n) is 4.63. The van der Waals surface area contributed by atoms with Gasteiger partial charge in [0.05, 0.1) is 17.7 Å². The predicted molar refractivity (Wildman–Crippen MR) is 126 cm³/mol. The first-order valence-corrected chi connectivity index (χ1v) is 11.4. The number of primary amides is 1. The standard InChI is InChI=1S/C25H21F4N5O3/c26-20-15(6-7-16(21(30)35)19(20)25(27,28)29)14-5-2-1-4-13(14)12-32-17-8-9-31-22-18(17)23-34(24(36)33-22)10-3-11-37-23/h1-2,4-9,23H,3,10-12H2,(H2,30,35)(H2,31,32,33,36). The van der Waals surface area contributed by atoms with Gasteiger partial charge in [-0.05, 0) is 29.7 Å². The number of halogens is 4. The highest BCUT2D eigenvalue weighted by Crippen LogP contribution is 2.41. The van der Waals surface area contributed by atoms with Gasteiger partial charge in [0.25, 0.3) is 0 Å². The zero-order valence-corrected chi connectivity index (χ0v) is 19.2. The van der Waals surface area contributed by atoms with E-state index in [1.54, 1.807) is 29.2 Å². The van der Waals surface area contributed by atoms with Crippen molar-refractivity contribution in [3.63, 3.8) is 0 Å². The molecule has 1 saturated heterocycles. The lowest BCUT2D eigenvalue weighted by molar-refractivity contribution is -0.140. The van der Waals surface area contributed by atoms with Gasteiger partial charge in [0.2, 0.25) is 5.91 Å². The summed E-state index contributed by atoms with van der Waals surface area (Å²) in [5.41, 5.74) is 4.02. The summed E-state index contributed by atoms with van der Waals surface area (Å²) in [6.45, 7) is 1.08. The van der Waals surface area contributed by atoms with Crippen molar-refractivity contribution in [2.45, 2.75) is 25.4 Å². The number of amides is 3. The Morgan fingerprint density at radius 1 is 1.19 bits per heavy atom. The Morgan fingerprint density at radius 2 is 1.97 bits per heavy atom. The van der Waals surface area contributed by atoms with Crippen LogP contribution in [-0.2, 0) is 17.5 Å². The Morgan fingerprint density at radius 3 is 2.73 bits per heavy atom. The Balaban J connectivity index is 1.51. The minimum absolute atomic E-state index is 0.103. The minimum atomic E-state index is -5.12. The quantitative estimate of drug-likeness (QED) is 0.420. The number of benzene rings is 2. The maximum absolute atomic E-state index is 15.2. The number of nitrogens with one attached hydrogen (secondary N) is 2. The molecule has 0 saturated carbocycles. The molecule has 1 fully saturated rings. The fraction of sp³-hybridized carbons (Fsp3) is 0.240. The second-order valence-electron chi connectivity index (χ2n) is 8.54. The minimum Gasteiger partial charge on any atom is -0.380 e. The van der Waals surface area contributed by atoms with Crippen LogP contribution >= 0.6 is 0 Å². The molecule has 0 radical (unpaired) electrons. The fourth-order valence-corrected chi connectivity index (χ4v) is 4.63. The number of rotatable bonds is 5. The van der Waals surface area contributed by atoms with Crippen molar-refractivity contribution in [3.05, 3.63) is 76.7 Å². The molecule has 8 nitrogen and oxygen atoms in total. The summed E-state index contributed by atoms with van der Waals surface area (Å²) in [4.78, 5) is 29.7. The third-order valence-electron chi connectivity index (χ3n) is 6.29. The largest absolute Gasteiger partial charge is 0.420 e. The van der Waals surface area contributed by atoms with Crippen molar-refractivity contribution in [3.8, 4) is 11.1 Å². The second kappa shape index (κ2) is 9.36. The molecule has 3 aromatic rings. The molecule has 0 bridgehead atoms. The lowest BCUT2D eigenvalue weighted by Crippen LogP contribution is -2.47. The van der Waals surface area contributed by atoms with Crippen molar-refractivity contribution >= 4 is 23.4 Å². The van der Waals surface area contributed by atoms with Crippen LogP contribution in [0.3, 0.4) is 0 Å². The normalized spacial score (nSPS) is 17.0. The molecule has 2 aliphatic rings. The Hall–Kier alpha value is -4.19. The molecule has 5 rings (SSSR count). The van der Waals surface area contributed by atoms with Crippen LogP contribution in [0.2, 0.25) is 0 Å². The highest BCUT2D eigenvalue weighted by molar-refractivity contribution is 5.95. The lowest BCUT2D eigenvalue weighted by Gasteiger charge is -2.40. The van der Waals surface area contributed by atoms with E-state index in [0.29, 0.717) is 42.2 Å². The topological polar surface area (TPSA) is 110 Å². The molecule has 12 heteroatoms. The average Bonchev–Trinajstić information content (AvgIpc) is 2.86. The first kappa shape index (κ1) is 24.5. The summed E-state index contributed by atoms with van der Waals surface area (Å²) < 4.78 is 62.0. The number of pyridine rings is 1. The van der Waals surface area contributed by atoms with Gasteiger partial charge in [-0.15, -0.1) is 0 Å². The van der Waals surface area contributed by atoms with Gasteiger partial charge in [-0.2, -0.15) is 13.2 Å². The zero-order chi connectivity index (χ0) is 26.3. The van der Waals surface area contributed by atoms with Gasteiger partial charge >= 0.3 is 12.2 Å². The molecular weight excluding hydrogens is 494 g/mol. The Kier molecular flexibility index (Phi) is 6.20. The van der Waals surface area contributed by atoms with Gasteiger partial charge in [-0.3, -0.25) is 15.0 Å². The van der Waals surface area contributed by atoms with Crippen LogP contribution in [0.1, 0.15) is 39.7 Å². The molecule has 0 spiro atoms. The van der Waals surface area contributed by atoms with Gasteiger partial charge in [-0.25, -0.2) is 14.2 Å². The number of aromatic nitrogens is 1. The molecule has 1 atom stereocenters. The first-order valence-electron chi connectivity index (χ1n) is 11.4. The van der Waals surface area contributed by atoms with Crippen molar-refractivity contribution in [2.75, 3.05) is 23.8 Å². The number of nitrogens with two attached hydrogens (primary N) is 1. The van der Waals surface area contributed by atoms with E-state index in [0.717, 1.165) is 12.1 Å². The van der Waals surface area contributed by atoms with Crippen LogP contribution in [0.5, 0.6) is 0 Å². The number of anilines is 2. The van der Waals surface area contributed by atoms with Gasteiger partial charge in [-0.1, -0.05) is 30.3 Å². The van der Waals surface area contributed by atoms with E-state index in [1.165, 1.54) is 12.3 Å². The molecule has 3 amide bonds. The van der Waals surface area contributed by atoms with Crippen LogP contribution in [-0.4, -0.2) is 35.0 Å². The average molecular weight is 515 g/mol. The number of hydrogen-bond donors (Lipinski definition) is 3. The van der Waals surface area contributed by atoms with E-state index in [9.17, 15) is 22.8 Å². The number of carbonyl (C=O) groups is 2. The molecule has 37 heavy (non-hydrogen) atoms. The molecule has 192 valence electrons. The third kappa shape index (κ3) is 4.44. The molecule has 3 heterocycles. The Labute approximate surface area is 208 Å². The summed E-state index contributed by atoms with van der Waals surface area (Å²) in [6.07, 6.45) is -3.57.